The standard InChI is InChI=1S/C39H43ClN8O6/c1-46-33(50)15-14-30(37(46)52)48-36(51)26-11-9-13-31(34(26)38(48)53)54-23-32(49)41-17-7-3-2-4-8-18-47-19-16-24(22-47)44-39-43-21-28(40)35(45-39)27-20-42-29-12-6-5-10-25(27)29/h5-6,9-13,20-21,24,30,42H,2-4,7-8,14-19,22-23H2,1H3,(H,41,49)(H,43,44,45). The molecule has 2 fully saturated rings. The first-order chi connectivity index (χ1) is 26.2. The molecular formula is C39H43ClN8O6. The number of hydrogen-bond donors (Lipinski definition) is 3. The fourth-order valence-corrected chi connectivity index (χ4v) is 7.65. The van der Waals surface area contributed by atoms with E-state index < -0.39 is 23.8 Å². The number of anilines is 1. The third kappa shape index (κ3) is 7.80. The molecule has 2 aromatic heterocycles. The number of likely N-dealkylation sites (tertiary alicyclic amines) is 2. The van der Waals surface area contributed by atoms with E-state index in [1.54, 1.807) is 12.3 Å². The Morgan fingerprint density at radius 3 is 2.67 bits per heavy atom. The minimum Gasteiger partial charge on any atom is -0.483 e. The molecule has 0 spiro atoms. The Kier molecular flexibility index (Phi) is 11.2. The summed E-state index contributed by atoms with van der Waals surface area (Å²) in [6.45, 7) is 3.15. The van der Waals surface area contributed by atoms with E-state index in [1.165, 1.54) is 19.2 Å². The summed E-state index contributed by atoms with van der Waals surface area (Å²) in [7, 11) is 1.34. The second-order valence-corrected chi connectivity index (χ2v) is 14.4. The van der Waals surface area contributed by atoms with E-state index in [4.69, 9.17) is 21.3 Å². The number of fused-ring (bicyclic) bond motifs is 2. The number of ether oxygens (including phenoxy) is 1. The van der Waals surface area contributed by atoms with Crippen molar-refractivity contribution in [3.63, 3.8) is 0 Å². The Hall–Kier alpha value is -5.34. The summed E-state index contributed by atoms with van der Waals surface area (Å²) in [6.07, 6.45) is 9.80. The van der Waals surface area contributed by atoms with E-state index in [0.29, 0.717) is 23.2 Å². The number of carbonyl (C=O) groups is 5. The van der Waals surface area contributed by atoms with Crippen molar-refractivity contribution < 1.29 is 28.7 Å². The number of para-hydroxylation sites is 1. The summed E-state index contributed by atoms with van der Waals surface area (Å²) < 4.78 is 5.69. The fraction of sp³-hybridized carbons (Fsp3) is 0.410. The predicted octanol–water partition coefficient (Wildman–Crippen LogP) is 4.65. The molecule has 4 aromatic rings. The summed E-state index contributed by atoms with van der Waals surface area (Å²) in [5, 5.41) is 7.94. The highest BCUT2D eigenvalue weighted by Gasteiger charge is 2.47. The highest BCUT2D eigenvalue weighted by Crippen LogP contribution is 2.35. The molecule has 3 aliphatic rings. The summed E-state index contributed by atoms with van der Waals surface area (Å²) in [4.78, 5) is 80.4. The molecule has 14 nitrogen and oxygen atoms in total. The number of aromatic amines is 1. The van der Waals surface area contributed by atoms with Crippen LogP contribution in [0.2, 0.25) is 5.02 Å². The number of piperidine rings is 1. The normalized spacial score (nSPS) is 18.9. The number of benzene rings is 2. The Bertz CT molecular complexity index is 2090. The number of carbonyl (C=O) groups excluding carboxylic acids is 5. The van der Waals surface area contributed by atoms with Gasteiger partial charge in [0.05, 0.1) is 28.0 Å². The quantitative estimate of drug-likeness (QED) is 0.115. The van der Waals surface area contributed by atoms with Crippen molar-refractivity contribution in [3.8, 4) is 17.0 Å². The number of aromatic nitrogens is 3. The summed E-state index contributed by atoms with van der Waals surface area (Å²) in [6, 6.07) is 11.8. The number of H-pyrrole nitrogens is 1. The summed E-state index contributed by atoms with van der Waals surface area (Å²) in [5.74, 6) is -1.89. The summed E-state index contributed by atoms with van der Waals surface area (Å²) >= 11 is 6.51. The molecule has 3 aliphatic heterocycles. The van der Waals surface area contributed by atoms with Gasteiger partial charge in [-0.1, -0.05) is 55.1 Å². The van der Waals surface area contributed by atoms with Gasteiger partial charge in [0.1, 0.15) is 11.8 Å². The van der Waals surface area contributed by atoms with Crippen LogP contribution in [0.3, 0.4) is 0 Å². The lowest BCUT2D eigenvalue weighted by atomic mass is 10.0. The molecule has 2 unspecified atom stereocenters. The molecular weight excluding hydrogens is 712 g/mol. The minimum absolute atomic E-state index is 0.0230. The Balaban J connectivity index is 0.776. The minimum atomic E-state index is -1.06. The second-order valence-electron chi connectivity index (χ2n) is 14.0. The summed E-state index contributed by atoms with van der Waals surface area (Å²) in [5.41, 5.74) is 2.82. The molecule has 5 amide bonds. The maximum absolute atomic E-state index is 13.3. The molecule has 0 radical (unpaired) electrons. The second kappa shape index (κ2) is 16.4. The van der Waals surface area contributed by atoms with E-state index in [0.717, 1.165) is 84.4 Å². The van der Waals surface area contributed by atoms with Crippen LogP contribution in [0.25, 0.3) is 22.2 Å². The number of imide groups is 2. The average Bonchev–Trinajstić information content (AvgIpc) is 3.88. The Labute approximate surface area is 317 Å². The van der Waals surface area contributed by atoms with Crippen molar-refractivity contribution in [1.82, 2.24) is 35.0 Å². The van der Waals surface area contributed by atoms with Crippen LogP contribution < -0.4 is 15.4 Å². The van der Waals surface area contributed by atoms with Crippen molar-refractivity contribution in [2.75, 3.05) is 45.2 Å². The van der Waals surface area contributed by atoms with Gasteiger partial charge in [0.2, 0.25) is 11.9 Å². The molecule has 3 N–H and O–H groups in total. The number of nitrogens with zero attached hydrogens (tertiary/aromatic N) is 5. The van der Waals surface area contributed by atoms with E-state index in [-0.39, 0.29) is 54.2 Å². The smallest absolute Gasteiger partial charge is 0.266 e. The topological polar surface area (TPSA) is 170 Å². The van der Waals surface area contributed by atoms with Gasteiger partial charge in [0.25, 0.3) is 23.6 Å². The third-order valence-electron chi connectivity index (χ3n) is 10.4. The number of halogens is 1. The van der Waals surface area contributed by atoms with Gasteiger partial charge in [-0.05, 0) is 50.4 Å². The highest BCUT2D eigenvalue weighted by atomic mass is 35.5. The number of likely N-dealkylation sites (N-methyl/N-ethyl adjacent to an activating group) is 1. The molecule has 5 heterocycles. The van der Waals surface area contributed by atoms with Gasteiger partial charge in [0, 0.05) is 61.8 Å². The lowest BCUT2D eigenvalue weighted by molar-refractivity contribution is -0.149. The maximum Gasteiger partial charge on any atom is 0.266 e. The number of unbranched alkanes of at least 4 members (excludes halogenated alkanes) is 4. The van der Waals surface area contributed by atoms with Crippen LogP contribution >= 0.6 is 11.6 Å². The van der Waals surface area contributed by atoms with Crippen LogP contribution in [0.1, 0.15) is 72.1 Å². The van der Waals surface area contributed by atoms with Gasteiger partial charge >= 0.3 is 0 Å². The van der Waals surface area contributed by atoms with Crippen molar-refractivity contribution in [2.24, 2.45) is 0 Å². The van der Waals surface area contributed by atoms with Crippen LogP contribution in [-0.4, -0.2) is 111 Å². The highest BCUT2D eigenvalue weighted by molar-refractivity contribution is 6.33. The zero-order valence-corrected chi connectivity index (χ0v) is 30.9. The van der Waals surface area contributed by atoms with Crippen LogP contribution in [0.4, 0.5) is 5.95 Å². The van der Waals surface area contributed by atoms with Crippen molar-refractivity contribution in [3.05, 3.63) is 71.0 Å². The molecule has 15 heteroatoms. The van der Waals surface area contributed by atoms with E-state index in [1.807, 2.05) is 24.4 Å². The van der Waals surface area contributed by atoms with Gasteiger partial charge in [-0.25, -0.2) is 9.97 Å². The van der Waals surface area contributed by atoms with Crippen molar-refractivity contribution in [2.45, 2.75) is 63.5 Å². The number of rotatable bonds is 15. The molecule has 0 saturated carbocycles. The lowest BCUT2D eigenvalue weighted by Gasteiger charge is -2.32. The van der Waals surface area contributed by atoms with E-state index >= 15 is 0 Å². The van der Waals surface area contributed by atoms with E-state index in [9.17, 15) is 24.0 Å². The first kappa shape index (κ1) is 37.0. The molecule has 54 heavy (non-hydrogen) atoms. The van der Waals surface area contributed by atoms with Crippen LogP contribution in [0.5, 0.6) is 5.75 Å². The van der Waals surface area contributed by atoms with Gasteiger partial charge in [-0.3, -0.25) is 33.8 Å². The lowest BCUT2D eigenvalue weighted by Crippen LogP contribution is -2.54. The average molecular weight is 755 g/mol. The molecule has 0 aliphatic carbocycles. The van der Waals surface area contributed by atoms with Crippen molar-refractivity contribution >= 4 is 58.0 Å². The predicted molar refractivity (Wildman–Crippen MR) is 202 cm³/mol. The van der Waals surface area contributed by atoms with Gasteiger partial charge < -0.3 is 25.3 Å². The van der Waals surface area contributed by atoms with Gasteiger partial charge in [-0.15, -0.1) is 0 Å². The molecule has 282 valence electrons. The van der Waals surface area contributed by atoms with E-state index in [2.05, 4.69) is 31.6 Å². The molecule has 2 atom stereocenters. The van der Waals surface area contributed by atoms with Gasteiger partial charge in [-0.2, -0.15) is 0 Å². The third-order valence-corrected chi connectivity index (χ3v) is 10.6. The SMILES string of the molecule is CN1C(=O)CCC(N2C(=O)c3cccc(OCC(=O)NCCCCCCCN4CCC(Nc5ncc(Cl)c(-c6c[nH]c7ccccc67)n5)C4)c3C2=O)C1=O. The maximum atomic E-state index is 13.3. The number of hydrogen-bond acceptors (Lipinski definition) is 10. The Morgan fingerprint density at radius 1 is 0.981 bits per heavy atom. The zero-order chi connectivity index (χ0) is 37.8. The fourth-order valence-electron chi connectivity index (χ4n) is 7.46. The van der Waals surface area contributed by atoms with Gasteiger partial charge in [0.15, 0.2) is 6.61 Å². The molecule has 7 rings (SSSR count). The van der Waals surface area contributed by atoms with Crippen LogP contribution in [0.15, 0.2) is 54.9 Å². The first-order valence-electron chi connectivity index (χ1n) is 18.5. The monoisotopic (exact) mass is 754 g/mol. The Morgan fingerprint density at radius 2 is 1.80 bits per heavy atom. The molecule has 2 saturated heterocycles. The largest absolute Gasteiger partial charge is 0.483 e. The van der Waals surface area contributed by atoms with Crippen molar-refractivity contribution in [1.29, 1.82) is 0 Å². The number of nitrogens with one attached hydrogen (secondary N) is 3. The zero-order valence-electron chi connectivity index (χ0n) is 30.1. The van der Waals surface area contributed by atoms with Crippen LogP contribution in [0, 0.1) is 0 Å². The molecule has 2 aromatic carbocycles. The molecule has 0 bridgehead atoms. The first-order valence-corrected chi connectivity index (χ1v) is 18.9. The van der Waals surface area contributed by atoms with Crippen LogP contribution in [-0.2, 0) is 14.4 Å². The number of amides is 5.